The quantitative estimate of drug-likeness (QED) is 0.862. The predicted molar refractivity (Wildman–Crippen MR) is 76.5 cm³/mol. The SMILES string of the molecule is COc1ccc2c(c1)CCN(C)C2N1CCNCC1. The fourth-order valence-electron chi connectivity index (χ4n) is 3.24. The van der Waals surface area contributed by atoms with Gasteiger partial charge in [0.25, 0.3) is 0 Å². The van der Waals surface area contributed by atoms with E-state index in [1.165, 1.54) is 11.1 Å². The van der Waals surface area contributed by atoms with E-state index >= 15 is 0 Å². The lowest BCUT2D eigenvalue weighted by Gasteiger charge is -2.43. The molecule has 104 valence electrons. The van der Waals surface area contributed by atoms with Crippen LogP contribution in [0, 0.1) is 0 Å². The van der Waals surface area contributed by atoms with Crippen LogP contribution in [0.1, 0.15) is 17.3 Å². The zero-order valence-corrected chi connectivity index (χ0v) is 11.9. The number of rotatable bonds is 2. The zero-order chi connectivity index (χ0) is 13.2. The van der Waals surface area contributed by atoms with Gasteiger partial charge in [-0.2, -0.15) is 0 Å². The molecule has 1 N–H and O–H groups in total. The molecule has 4 heteroatoms. The summed E-state index contributed by atoms with van der Waals surface area (Å²) in [5, 5.41) is 3.43. The molecule has 0 radical (unpaired) electrons. The van der Waals surface area contributed by atoms with Crippen molar-refractivity contribution in [3.8, 4) is 5.75 Å². The molecular formula is C15H23N3O. The van der Waals surface area contributed by atoms with Gasteiger partial charge in [0.15, 0.2) is 0 Å². The molecule has 1 aromatic rings. The topological polar surface area (TPSA) is 27.7 Å². The molecule has 0 saturated carbocycles. The van der Waals surface area contributed by atoms with Gasteiger partial charge in [-0.25, -0.2) is 0 Å². The Morgan fingerprint density at radius 3 is 2.74 bits per heavy atom. The van der Waals surface area contributed by atoms with Crippen LogP contribution in [-0.2, 0) is 6.42 Å². The molecule has 2 aliphatic heterocycles. The summed E-state index contributed by atoms with van der Waals surface area (Å²) in [6.07, 6.45) is 1.54. The second-order valence-corrected chi connectivity index (χ2v) is 5.45. The van der Waals surface area contributed by atoms with Crippen LogP contribution in [0.25, 0.3) is 0 Å². The lowest BCUT2D eigenvalue weighted by atomic mass is 9.95. The summed E-state index contributed by atoms with van der Waals surface area (Å²) in [5.74, 6) is 0.974. The number of fused-ring (bicyclic) bond motifs is 1. The van der Waals surface area contributed by atoms with Crippen LogP contribution >= 0.6 is 0 Å². The van der Waals surface area contributed by atoms with E-state index in [1.807, 2.05) is 0 Å². The number of benzene rings is 1. The van der Waals surface area contributed by atoms with Crippen LogP contribution in [0.2, 0.25) is 0 Å². The third kappa shape index (κ3) is 2.48. The Kier molecular flexibility index (Phi) is 3.73. The number of hydrogen-bond acceptors (Lipinski definition) is 4. The van der Waals surface area contributed by atoms with Gasteiger partial charge in [-0.1, -0.05) is 6.07 Å². The molecule has 0 amide bonds. The molecule has 4 nitrogen and oxygen atoms in total. The van der Waals surface area contributed by atoms with Crippen LogP contribution in [0.4, 0.5) is 0 Å². The van der Waals surface area contributed by atoms with Crippen LogP contribution < -0.4 is 10.1 Å². The molecule has 2 heterocycles. The van der Waals surface area contributed by atoms with Gasteiger partial charge in [-0.15, -0.1) is 0 Å². The summed E-state index contributed by atoms with van der Waals surface area (Å²) in [5.41, 5.74) is 2.90. The van der Waals surface area contributed by atoms with Gasteiger partial charge >= 0.3 is 0 Å². The molecule has 3 rings (SSSR count). The Morgan fingerprint density at radius 1 is 1.21 bits per heavy atom. The number of methoxy groups -OCH3 is 1. The lowest BCUT2D eigenvalue weighted by Crippen LogP contribution is -2.51. The predicted octanol–water partition coefficient (Wildman–Crippen LogP) is 1.09. The van der Waals surface area contributed by atoms with Gasteiger partial charge in [-0.3, -0.25) is 9.80 Å². The molecule has 0 bridgehead atoms. The Bertz CT molecular complexity index is 443. The van der Waals surface area contributed by atoms with Crippen molar-refractivity contribution in [2.75, 3.05) is 46.9 Å². The highest BCUT2D eigenvalue weighted by atomic mass is 16.5. The van der Waals surface area contributed by atoms with Crippen molar-refractivity contribution in [2.24, 2.45) is 0 Å². The number of likely N-dealkylation sites (N-methyl/N-ethyl adjacent to an activating group) is 1. The molecular weight excluding hydrogens is 238 g/mol. The number of nitrogens with zero attached hydrogens (tertiary/aromatic N) is 2. The van der Waals surface area contributed by atoms with E-state index in [9.17, 15) is 0 Å². The molecule has 19 heavy (non-hydrogen) atoms. The number of ether oxygens (including phenoxy) is 1. The lowest BCUT2D eigenvalue weighted by molar-refractivity contribution is 0.0426. The van der Waals surface area contributed by atoms with Gasteiger partial charge in [-0.05, 0) is 36.7 Å². The van der Waals surface area contributed by atoms with Crippen molar-refractivity contribution in [2.45, 2.75) is 12.6 Å². The summed E-state index contributed by atoms with van der Waals surface area (Å²) in [7, 11) is 3.98. The first kappa shape index (κ1) is 12.9. The summed E-state index contributed by atoms with van der Waals surface area (Å²) in [6.45, 7) is 5.56. The van der Waals surface area contributed by atoms with Crippen LogP contribution in [0.3, 0.4) is 0 Å². The van der Waals surface area contributed by atoms with E-state index in [2.05, 4.69) is 40.4 Å². The first-order valence-electron chi connectivity index (χ1n) is 7.11. The van der Waals surface area contributed by atoms with Crippen molar-refractivity contribution in [1.29, 1.82) is 0 Å². The second-order valence-electron chi connectivity index (χ2n) is 5.45. The summed E-state index contributed by atoms with van der Waals surface area (Å²) in [4.78, 5) is 5.06. The molecule has 1 unspecified atom stereocenters. The van der Waals surface area contributed by atoms with Crippen LogP contribution in [0.5, 0.6) is 5.75 Å². The van der Waals surface area contributed by atoms with Gasteiger partial charge in [0.05, 0.1) is 13.3 Å². The molecule has 2 aliphatic rings. The maximum Gasteiger partial charge on any atom is 0.119 e. The van der Waals surface area contributed by atoms with Gasteiger partial charge in [0.1, 0.15) is 5.75 Å². The second kappa shape index (κ2) is 5.49. The number of piperazine rings is 1. The van der Waals surface area contributed by atoms with Crippen LogP contribution in [-0.4, -0.2) is 56.7 Å². The zero-order valence-electron chi connectivity index (χ0n) is 11.9. The van der Waals surface area contributed by atoms with Crippen molar-refractivity contribution in [3.05, 3.63) is 29.3 Å². The molecule has 1 fully saturated rings. The molecule has 0 spiro atoms. The van der Waals surface area contributed by atoms with E-state index in [4.69, 9.17) is 4.74 Å². The maximum atomic E-state index is 5.35. The Balaban J connectivity index is 1.91. The fraction of sp³-hybridized carbons (Fsp3) is 0.600. The molecule has 1 saturated heterocycles. The molecule has 1 atom stereocenters. The minimum Gasteiger partial charge on any atom is -0.497 e. The molecule has 1 aromatic carbocycles. The minimum atomic E-state index is 0.428. The summed E-state index contributed by atoms with van der Waals surface area (Å²) in [6, 6.07) is 6.54. The van der Waals surface area contributed by atoms with Crippen molar-refractivity contribution in [1.82, 2.24) is 15.1 Å². The van der Waals surface area contributed by atoms with E-state index in [0.717, 1.165) is 44.9 Å². The van der Waals surface area contributed by atoms with Gasteiger partial charge in [0, 0.05) is 32.7 Å². The smallest absolute Gasteiger partial charge is 0.119 e. The minimum absolute atomic E-state index is 0.428. The fourth-order valence-corrected chi connectivity index (χ4v) is 3.24. The Labute approximate surface area is 115 Å². The van der Waals surface area contributed by atoms with E-state index in [0.29, 0.717) is 6.17 Å². The average Bonchev–Trinajstić information content (AvgIpc) is 2.47. The van der Waals surface area contributed by atoms with E-state index < -0.39 is 0 Å². The maximum absolute atomic E-state index is 5.35. The third-order valence-corrected chi connectivity index (χ3v) is 4.28. The molecule has 0 aromatic heterocycles. The van der Waals surface area contributed by atoms with Gasteiger partial charge < -0.3 is 10.1 Å². The van der Waals surface area contributed by atoms with Crippen molar-refractivity contribution in [3.63, 3.8) is 0 Å². The normalized spacial score (nSPS) is 25.1. The number of nitrogens with one attached hydrogen (secondary N) is 1. The highest BCUT2D eigenvalue weighted by Crippen LogP contribution is 2.33. The van der Waals surface area contributed by atoms with Crippen LogP contribution in [0.15, 0.2) is 18.2 Å². The summed E-state index contributed by atoms with van der Waals surface area (Å²) >= 11 is 0. The van der Waals surface area contributed by atoms with E-state index in [-0.39, 0.29) is 0 Å². The Morgan fingerprint density at radius 2 is 2.00 bits per heavy atom. The summed E-state index contributed by atoms with van der Waals surface area (Å²) < 4.78 is 5.35. The van der Waals surface area contributed by atoms with Crippen molar-refractivity contribution >= 4 is 0 Å². The standard InChI is InChI=1S/C15H23N3O/c1-17-8-5-12-11-13(19-2)3-4-14(12)15(17)18-9-6-16-7-10-18/h3-4,11,15-16H,5-10H2,1-2H3. The molecule has 0 aliphatic carbocycles. The highest BCUT2D eigenvalue weighted by molar-refractivity contribution is 5.39. The first-order chi connectivity index (χ1) is 9.29. The largest absolute Gasteiger partial charge is 0.497 e. The number of hydrogen-bond donors (Lipinski definition) is 1. The van der Waals surface area contributed by atoms with Gasteiger partial charge in [0.2, 0.25) is 0 Å². The average molecular weight is 261 g/mol. The van der Waals surface area contributed by atoms with Crippen molar-refractivity contribution < 1.29 is 4.74 Å². The monoisotopic (exact) mass is 261 g/mol. The third-order valence-electron chi connectivity index (χ3n) is 4.28. The Hall–Kier alpha value is -1.10. The van der Waals surface area contributed by atoms with E-state index in [1.54, 1.807) is 7.11 Å². The first-order valence-corrected chi connectivity index (χ1v) is 7.11. The highest BCUT2D eigenvalue weighted by Gasteiger charge is 2.30.